The number of rotatable bonds is 4. The van der Waals surface area contributed by atoms with Crippen molar-refractivity contribution in [2.24, 2.45) is 0 Å². The summed E-state index contributed by atoms with van der Waals surface area (Å²) in [6.07, 6.45) is 4.47. The van der Waals surface area contributed by atoms with Crippen LogP contribution in [-0.4, -0.2) is 19.6 Å². The average Bonchev–Trinajstić information content (AvgIpc) is 2.41. The molecule has 0 saturated carbocycles. The highest BCUT2D eigenvalue weighted by atomic mass is 14.9. The summed E-state index contributed by atoms with van der Waals surface area (Å²) < 4.78 is 0. The van der Waals surface area contributed by atoms with Gasteiger partial charge in [-0.05, 0) is 37.9 Å². The summed E-state index contributed by atoms with van der Waals surface area (Å²) in [6, 6.07) is 8.06. The Hall–Kier alpha value is -1.79. The number of hydrogen-bond donors (Lipinski definition) is 2. The fourth-order valence-corrected chi connectivity index (χ4v) is 2.24. The fourth-order valence-electron chi connectivity index (χ4n) is 2.24. The van der Waals surface area contributed by atoms with E-state index in [1.165, 1.54) is 5.57 Å². The van der Waals surface area contributed by atoms with Gasteiger partial charge in [0.1, 0.15) is 6.07 Å². The van der Waals surface area contributed by atoms with Crippen molar-refractivity contribution < 1.29 is 0 Å². The number of benzene rings is 1. The number of nitriles is 1. The number of nitrogens with one attached hydrogen (secondary N) is 2. The zero-order valence-corrected chi connectivity index (χ0v) is 10.8. The lowest BCUT2D eigenvalue weighted by atomic mass is 10.1. The van der Waals surface area contributed by atoms with Gasteiger partial charge in [0.15, 0.2) is 0 Å². The second-order valence-corrected chi connectivity index (χ2v) is 4.60. The van der Waals surface area contributed by atoms with E-state index in [0.29, 0.717) is 0 Å². The molecule has 2 rings (SSSR count). The van der Waals surface area contributed by atoms with Gasteiger partial charge in [0, 0.05) is 13.1 Å². The Morgan fingerprint density at radius 2 is 2.33 bits per heavy atom. The number of aryl methyl sites for hydroxylation is 1. The maximum Gasteiger partial charge on any atom is 0.101 e. The van der Waals surface area contributed by atoms with Gasteiger partial charge < -0.3 is 10.6 Å². The van der Waals surface area contributed by atoms with Crippen LogP contribution in [0, 0.1) is 18.3 Å². The first-order chi connectivity index (χ1) is 8.81. The molecule has 0 spiro atoms. The van der Waals surface area contributed by atoms with E-state index in [1.54, 1.807) is 0 Å². The van der Waals surface area contributed by atoms with Gasteiger partial charge in [-0.1, -0.05) is 23.8 Å². The molecular weight excluding hydrogens is 222 g/mol. The predicted octanol–water partition coefficient (Wildman–Crippen LogP) is 2.59. The Morgan fingerprint density at radius 1 is 1.44 bits per heavy atom. The molecule has 1 aliphatic heterocycles. The minimum Gasteiger partial charge on any atom is -0.383 e. The van der Waals surface area contributed by atoms with Crippen LogP contribution in [0.3, 0.4) is 0 Å². The van der Waals surface area contributed by atoms with Gasteiger partial charge >= 0.3 is 0 Å². The van der Waals surface area contributed by atoms with E-state index in [-0.39, 0.29) is 0 Å². The van der Waals surface area contributed by atoms with Crippen molar-refractivity contribution in [2.45, 2.75) is 19.8 Å². The summed E-state index contributed by atoms with van der Waals surface area (Å²) in [5.74, 6) is 0. The predicted molar refractivity (Wildman–Crippen MR) is 74.6 cm³/mol. The first-order valence-corrected chi connectivity index (χ1v) is 6.43. The van der Waals surface area contributed by atoms with Gasteiger partial charge in [-0.15, -0.1) is 0 Å². The molecule has 0 amide bonds. The van der Waals surface area contributed by atoms with E-state index < -0.39 is 0 Å². The van der Waals surface area contributed by atoms with Gasteiger partial charge in [0.05, 0.1) is 11.3 Å². The van der Waals surface area contributed by atoms with Crippen LogP contribution in [-0.2, 0) is 0 Å². The molecule has 3 heteroatoms. The van der Waals surface area contributed by atoms with Crippen molar-refractivity contribution in [2.75, 3.05) is 25.0 Å². The van der Waals surface area contributed by atoms with Gasteiger partial charge in [-0.3, -0.25) is 0 Å². The summed E-state index contributed by atoms with van der Waals surface area (Å²) in [5.41, 5.74) is 4.35. The number of anilines is 1. The zero-order valence-electron chi connectivity index (χ0n) is 10.8. The zero-order chi connectivity index (χ0) is 12.8. The van der Waals surface area contributed by atoms with Crippen molar-refractivity contribution >= 4 is 5.69 Å². The summed E-state index contributed by atoms with van der Waals surface area (Å²) in [7, 11) is 0. The van der Waals surface area contributed by atoms with Crippen LogP contribution in [0.5, 0.6) is 0 Å². The lowest BCUT2D eigenvalue weighted by molar-refractivity contribution is 0.683. The first kappa shape index (κ1) is 12.7. The largest absolute Gasteiger partial charge is 0.383 e. The highest BCUT2D eigenvalue weighted by Crippen LogP contribution is 2.20. The molecule has 0 atom stereocenters. The second kappa shape index (κ2) is 6.23. The van der Waals surface area contributed by atoms with Crippen molar-refractivity contribution in [3.63, 3.8) is 0 Å². The van der Waals surface area contributed by atoms with E-state index in [1.807, 2.05) is 25.1 Å². The van der Waals surface area contributed by atoms with Crippen molar-refractivity contribution in [3.05, 3.63) is 41.0 Å². The van der Waals surface area contributed by atoms with Gasteiger partial charge in [0.25, 0.3) is 0 Å². The Balaban J connectivity index is 1.94. The SMILES string of the molecule is Cc1cccc(C#N)c1NCCC1=CCNCC1. The number of nitrogens with zero attached hydrogens (tertiary/aromatic N) is 1. The molecule has 3 nitrogen and oxygen atoms in total. The minimum absolute atomic E-state index is 0.731. The quantitative estimate of drug-likeness (QED) is 0.797. The van der Waals surface area contributed by atoms with E-state index in [0.717, 1.165) is 49.3 Å². The molecule has 0 saturated heterocycles. The van der Waals surface area contributed by atoms with Crippen molar-refractivity contribution in [3.8, 4) is 6.07 Å². The standard InChI is InChI=1S/C15H19N3/c1-12-3-2-4-14(11-16)15(12)18-10-7-13-5-8-17-9-6-13/h2-5,17-18H,6-10H2,1H3. The van der Waals surface area contributed by atoms with Crippen LogP contribution in [0.25, 0.3) is 0 Å². The maximum atomic E-state index is 9.08. The number of hydrogen-bond acceptors (Lipinski definition) is 3. The molecule has 1 aromatic rings. The van der Waals surface area contributed by atoms with Gasteiger partial charge in [-0.25, -0.2) is 0 Å². The Labute approximate surface area is 109 Å². The van der Waals surface area contributed by atoms with Crippen molar-refractivity contribution in [1.29, 1.82) is 5.26 Å². The van der Waals surface area contributed by atoms with Crippen LogP contribution in [0.2, 0.25) is 0 Å². The normalized spacial score (nSPS) is 14.8. The molecule has 1 heterocycles. The summed E-state index contributed by atoms with van der Waals surface area (Å²) in [5, 5.41) is 15.8. The molecule has 0 aliphatic carbocycles. The third kappa shape index (κ3) is 3.12. The average molecular weight is 241 g/mol. The molecule has 0 fully saturated rings. The molecule has 1 aromatic carbocycles. The third-order valence-electron chi connectivity index (χ3n) is 3.30. The van der Waals surface area contributed by atoms with Gasteiger partial charge in [0.2, 0.25) is 0 Å². The molecule has 18 heavy (non-hydrogen) atoms. The molecule has 0 unspecified atom stereocenters. The van der Waals surface area contributed by atoms with Crippen molar-refractivity contribution in [1.82, 2.24) is 5.32 Å². The lowest BCUT2D eigenvalue weighted by Gasteiger charge is -2.15. The Kier molecular flexibility index (Phi) is 4.38. The Bertz CT molecular complexity index is 483. The van der Waals surface area contributed by atoms with Crippen LogP contribution >= 0.6 is 0 Å². The summed E-state index contributed by atoms with van der Waals surface area (Å²) in [6.45, 7) is 5.00. The summed E-state index contributed by atoms with van der Waals surface area (Å²) in [4.78, 5) is 0. The van der Waals surface area contributed by atoms with E-state index >= 15 is 0 Å². The van der Waals surface area contributed by atoms with Crippen LogP contribution in [0.15, 0.2) is 29.8 Å². The molecule has 1 aliphatic rings. The molecule has 2 N–H and O–H groups in total. The lowest BCUT2D eigenvalue weighted by Crippen LogP contribution is -2.21. The highest BCUT2D eigenvalue weighted by molar-refractivity contribution is 5.62. The molecular formula is C15H19N3. The third-order valence-corrected chi connectivity index (χ3v) is 3.30. The molecule has 0 bridgehead atoms. The van der Waals surface area contributed by atoms with Crippen LogP contribution < -0.4 is 10.6 Å². The van der Waals surface area contributed by atoms with Gasteiger partial charge in [-0.2, -0.15) is 5.26 Å². The topological polar surface area (TPSA) is 47.9 Å². The molecule has 94 valence electrons. The van der Waals surface area contributed by atoms with E-state index in [9.17, 15) is 0 Å². The monoisotopic (exact) mass is 241 g/mol. The summed E-state index contributed by atoms with van der Waals surface area (Å²) >= 11 is 0. The smallest absolute Gasteiger partial charge is 0.101 e. The van der Waals surface area contributed by atoms with E-state index in [4.69, 9.17) is 5.26 Å². The maximum absolute atomic E-state index is 9.08. The Morgan fingerprint density at radius 3 is 3.06 bits per heavy atom. The first-order valence-electron chi connectivity index (χ1n) is 6.43. The molecule has 0 aromatic heterocycles. The van der Waals surface area contributed by atoms with Crippen LogP contribution in [0.1, 0.15) is 24.0 Å². The highest BCUT2D eigenvalue weighted by Gasteiger charge is 2.06. The minimum atomic E-state index is 0.731. The fraction of sp³-hybridized carbons (Fsp3) is 0.400. The van der Waals surface area contributed by atoms with E-state index in [2.05, 4.69) is 22.8 Å². The molecule has 0 radical (unpaired) electrons. The second-order valence-electron chi connectivity index (χ2n) is 4.60. The van der Waals surface area contributed by atoms with Crippen LogP contribution in [0.4, 0.5) is 5.69 Å². The number of para-hydroxylation sites is 1.